The third kappa shape index (κ3) is 4.34. The lowest BCUT2D eigenvalue weighted by Crippen LogP contribution is -2.40. The summed E-state index contributed by atoms with van der Waals surface area (Å²) in [5.74, 6) is 1.89. The topological polar surface area (TPSA) is 54.0 Å². The van der Waals surface area contributed by atoms with E-state index in [0.29, 0.717) is 28.2 Å². The summed E-state index contributed by atoms with van der Waals surface area (Å²) in [7, 11) is 0. The molecule has 2 N–H and O–H groups in total. The molecular formula is C16H24ClN3O. The highest BCUT2D eigenvalue weighted by Gasteiger charge is 2.26. The largest absolute Gasteiger partial charge is 0.370 e. The molecule has 0 saturated heterocycles. The molecule has 1 aliphatic carbocycles. The van der Waals surface area contributed by atoms with Crippen LogP contribution < -0.4 is 10.6 Å². The Bertz CT molecular complexity index is 496. The van der Waals surface area contributed by atoms with E-state index in [-0.39, 0.29) is 11.9 Å². The number of amides is 1. The summed E-state index contributed by atoms with van der Waals surface area (Å²) in [4.78, 5) is 16.6. The van der Waals surface area contributed by atoms with Gasteiger partial charge in [-0.15, -0.1) is 0 Å². The van der Waals surface area contributed by atoms with Crippen LogP contribution >= 0.6 is 11.6 Å². The smallest absolute Gasteiger partial charge is 0.253 e. The second kappa shape index (κ2) is 7.12. The molecule has 2 unspecified atom stereocenters. The minimum absolute atomic E-state index is 0.104. The molecule has 0 bridgehead atoms. The molecule has 1 heterocycles. The second-order valence-electron chi connectivity index (χ2n) is 6.17. The number of hydrogen-bond donors (Lipinski definition) is 2. The molecule has 0 spiro atoms. The van der Waals surface area contributed by atoms with Crippen LogP contribution in [0.3, 0.4) is 0 Å². The first-order chi connectivity index (χ1) is 9.99. The van der Waals surface area contributed by atoms with Gasteiger partial charge in [0.25, 0.3) is 5.91 Å². The fraction of sp³-hybridized carbons (Fsp3) is 0.625. The molecule has 2 atom stereocenters. The van der Waals surface area contributed by atoms with Crippen LogP contribution in [0, 0.1) is 11.8 Å². The van der Waals surface area contributed by atoms with Gasteiger partial charge in [0.05, 0.1) is 10.6 Å². The molecule has 0 aromatic carbocycles. The summed E-state index contributed by atoms with van der Waals surface area (Å²) < 4.78 is 0. The highest BCUT2D eigenvalue weighted by Crippen LogP contribution is 2.29. The first-order valence-corrected chi connectivity index (χ1v) is 8.07. The van der Waals surface area contributed by atoms with E-state index in [9.17, 15) is 4.79 Å². The van der Waals surface area contributed by atoms with Gasteiger partial charge in [-0.3, -0.25) is 4.79 Å². The van der Waals surface area contributed by atoms with E-state index in [1.54, 1.807) is 6.07 Å². The Kier molecular flexibility index (Phi) is 5.45. The van der Waals surface area contributed by atoms with Crippen LogP contribution in [0.15, 0.2) is 12.3 Å². The van der Waals surface area contributed by atoms with E-state index in [2.05, 4.69) is 29.5 Å². The molecule has 116 valence electrons. The Morgan fingerprint density at radius 3 is 2.62 bits per heavy atom. The second-order valence-corrected chi connectivity index (χ2v) is 6.57. The number of nitrogens with zero attached hydrogens (tertiary/aromatic N) is 1. The van der Waals surface area contributed by atoms with Crippen molar-refractivity contribution in [3.05, 3.63) is 22.8 Å². The first kappa shape index (κ1) is 16.1. The molecule has 0 aliphatic heterocycles. The van der Waals surface area contributed by atoms with Gasteiger partial charge in [-0.05, 0) is 44.1 Å². The lowest BCUT2D eigenvalue weighted by molar-refractivity contribution is 0.0911. The predicted octanol–water partition coefficient (Wildman–Crippen LogP) is 3.72. The van der Waals surface area contributed by atoms with Crippen molar-refractivity contribution in [3.8, 4) is 0 Å². The van der Waals surface area contributed by atoms with E-state index in [1.165, 1.54) is 12.6 Å². The minimum atomic E-state index is -0.104. The number of aromatic nitrogens is 1. The Balaban J connectivity index is 2.07. The van der Waals surface area contributed by atoms with E-state index < -0.39 is 0 Å². The van der Waals surface area contributed by atoms with Crippen molar-refractivity contribution < 1.29 is 4.79 Å². The van der Waals surface area contributed by atoms with Gasteiger partial charge in [0.15, 0.2) is 0 Å². The van der Waals surface area contributed by atoms with Crippen molar-refractivity contribution >= 4 is 23.3 Å². The highest BCUT2D eigenvalue weighted by atomic mass is 35.5. The minimum Gasteiger partial charge on any atom is -0.370 e. The standard InChI is InChI=1S/C16H24ClN3O/c1-4-18-15-8-13(14(17)9-19-15)16(21)20-12-6-10(2)5-11(3)7-12/h8-12H,4-7H2,1-3H3,(H,18,19)(H,20,21). The number of hydrogen-bond acceptors (Lipinski definition) is 3. The molecular weight excluding hydrogens is 286 g/mol. The normalized spacial score (nSPS) is 25.4. The Labute approximate surface area is 131 Å². The lowest BCUT2D eigenvalue weighted by atomic mass is 9.80. The fourth-order valence-electron chi connectivity index (χ4n) is 3.22. The van der Waals surface area contributed by atoms with Gasteiger partial charge < -0.3 is 10.6 Å². The van der Waals surface area contributed by atoms with Gasteiger partial charge in [0.1, 0.15) is 5.82 Å². The maximum atomic E-state index is 12.5. The molecule has 1 aromatic rings. The quantitative estimate of drug-likeness (QED) is 0.891. The Morgan fingerprint density at radius 2 is 2.00 bits per heavy atom. The number of carbonyl (C=O) groups excluding carboxylic acids is 1. The average molecular weight is 310 g/mol. The van der Waals surface area contributed by atoms with Gasteiger partial charge in [-0.25, -0.2) is 4.98 Å². The predicted molar refractivity (Wildman–Crippen MR) is 86.8 cm³/mol. The zero-order chi connectivity index (χ0) is 15.4. The monoisotopic (exact) mass is 309 g/mol. The van der Waals surface area contributed by atoms with Crippen LogP contribution in [0.5, 0.6) is 0 Å². The lowest BCUT2D eigenvalue weighted by Gasteiger charge is -2.32. The number of pyridine rings is 1. The molecule has 5 heteroatoms. The molecule has 1 amide bonds. The van der Waals surface area contributed by atoms with Crippen LogP contribution in [0.25, 0.3) is 0 Å². The van der Waals surface area contributed by atoms with Crippen LogP contribution in [-0.4, -0.2) is 23.5 Å². The number of anilines is 1. The number of nitrogens with one attached hydrogen (secondary N) is 2. The first-order valence-electron chi connectivity index (χ1n) is 7.69. The van der Waals surface area contributed by atoms with Crippen LogP contribution in [0.2, 0.25) is 5.02 Å². The third-order valence-electron chi connectivity index (χ3n) is 3.97. The zero-order valence-corrected chi connectivity index (χ0v) is 13.7. The van der Waals surface area contributed by atoms with E-state index in [4.69, 9.17) is 11.6 Å². The summed E-state index contributed by atoms with van der Waals surface area (Å²) in [6, 6.07) is 1.96. The fourth-order valence-corrected chi connectivity index (χ4v) is 3.41. The van der Waals surface area contributed by atoms with Crippen molar-refractivity contribution in [2.24, 2.45) is 11.8 Å². The van der Waals surface area contributed by atoms with Crippen LogP contribution in [-0.2, 0) is 0 Å². The molecule has 4 nitrogen and oxygen atoms in total. The van der Waals surface area contributed by atoms with E-state index >= 15 is 0 Å². The summed E-state index contributed by atoms with van der Waals surface area (Å²) >= 11 is 6.12. The number of rotatable bonds is 4. The van der Waals surface area contributed by atoms with Crippen LogP contribution in [0.1, 0.15) is 50.4 Å². The maximum absolute atomic E-state index is 12.5. The van der Waals surface area contributed by atoms with Crippen LogP contribution in [0.4, 0.5) is 5.82 Å². The van der Waals surface area contributed by atoms with Gasteiger partial charge in [-0.2, -0.15) is 0 Å². The molecule has 2 rings (SSSR count). The molecule has 1 saturated carbocycles. The molecule has 1 aromatic heterocycles. The van der Waals surface area contributed by atoms with Crippen molar-refractivity contribution in [2.45, 2.75) is 46.1 Å². The summed E-state index contributed by atoms with van der Waals surface area (Å²) in [6.45, 7) is 7.24. The van der Waals surface area contributed by atoms with Gasteiger partial charge >= 0.3 is 0 Å². The van der Waals surface area contributed by atoms with Gasteiger partial charge in [-0.1, -0.05) is 25.4 Å². The third-order valence-corrected chi connectivity index (χ3v) is 4.27. The van der Waals surface area contributed by atoms with E-state index in [0.717, 1.165) is 19.4 Å². The van der Waals surface area contributed by atoms with Crippen molar-refractivity contribution in [2.75, 3.05) is 11.9 Å². The van der Waals surface area contributed by atoms with Crippen molar-refractivity contribution in [1.29, 1.82) is 0 Å². The molecule has 1 aliphatic rings. The highest BCUT2D eigenvalue weighted by molar-refractivity contribution is 6.33. The Morgan fingerprint density at radius 1 is 1.33 bits per heavy atom. The maximum Gasteiger partial charge on any atom is 0.253 e. The summed E-state index contributed by atoms with van der Waals surface area (Å²) in [5.41, 5.74) is 0.494. The summed E-state index contributed by atoms with van der Waals surface area (Å²) in [6.07, 6.45) is 4.85. The summed E-state index contributed by atoms with van der Waals surface area (Å²) in [5, 5.41) is 6.62. The van der Waals surface area contributed by atoms with Crippen molar-refractivity contribution in [3.63, 3.8) is 0 Å². The van der Waals surface area contributed by atoms with Gasteiger partial charge in [0, 0.05) is 18.8 Å². The zero-order valence-electron chi connectivity index (χ0n) is 12.9. The van der Waals surface area contributed by atoms with Gasteiger partial charge in [0.2, 0.25) is 0 Å². The SMILES string of the molecule is CCNc1cc(C(=O)NC2CC(C)CC(C)C2)c(Cl)cn1. The average Bonchev–Trinajstić information content (AvgIpc) is 2.40. The molecule has 0 radical (unpaired) electrons. The molecule has 1 fully saturated rings. The van der Waals surface area contributed by atoms with E-state index in [1.807, 2.05) is 6.92 Å². The molecule has 21 heavy (non-hydrogen) atoms. The van der Waals surface area contributed by atoms with Crippen molar-refractivity contribution in [1.82, 2.24) is 10.3 Å². The number of halogens is 1. The Hall–Kier alpha value is -1.29. The number of carbonyl (C=O) groups is 1.